The van der Waals surface area contributed by atoms with Crippen LogP contribution in [0.15, 0.2) is 47.7 Å². The normalized spacial score (nSPS) is 15.1. The lowest BCUT2D eigenvalue weighted by molar-refractivity contribution is -0.127. The molecule has 1 aliphatic rings. The maximum atomic E-state index is 13.2. The van der Waals surface area contributed by atoms with Crippen LogP contribution < -0.4 is 16.8 Å². The Morgan fingerprint density at radius 3 is 2.67 bits per heavy atom. The molecule has 0 aliphatic carbocycles. The summed E-state index contributed by atoms with van der Waals surface area (Å²) >= 11 is 0. The Bertz CT molecular complexity index is 923. The molecule has 10 heteroatoms. The average molecular weight is 416 g/mol. The van der Waals surface area contributed by atoms with Crippen molar-refractivity contribution in [3.05, 3.63) is 59.1 Å². The van der Waals surface area contributed by atoms with Gasteiger partial charge in [-0.3, -0.25) is 19.4 Å². The van der Waals surface area contributed by atoms with Gasteiger partial charge in [-0.2, -0.15) is 0 Å². The van der Waals surface area contributed by atoms with Crippen molar-refractivity contribution >= 4 is 23.8 Å². The number of hydrogen-bond donors (Lipinski definition) is 3. The van der Waals surface area contributed by atoms with Crippen LogP contribution in [0.3, 0.4) is 0 Å². The summed E-state index contributed by atoms with van der Waals surface area (Å²) in [5.41, 5.74) is 12.8. The highest BCUT2D eigenvalue weighted by atomic mass is 19.1. The smallest absolute Gasteiger partial charge is 0.270 e. The molecule has 2 amide bonds. The third kappa shape index (κ3) is 5.90. The minimum atomic E-state index is -0.526. The molecule has 0 saturated carbocycles. The van der Waals surface area contributed by atoms with Crippen molar-refractivity contribution in [2.75, 3.05) is 27.2 Å². The molecule has 0 unspecified atom stereocenters. The van der Waals surface area contributed by atoms with Crippen LogP contribution in [-0.4, -0.2) is 60.1 Å². The van der Waals surface area contributed by atoms with E-state index in [0.29, 0.717) is 36.8 Å². The fraction of sp³-hybridized carbons (Fsp3) is 0.300. The number of carbonyl (C=O) groups excluding carboxylic acids is 3. The first-order valence-electron chi connectivity index (χ1n) is 9.21. The van der Waals surface area contributed by atoms with Crippen molar-refractivity contribution in [3.63, 3.8) is 0 Å². The summed E-state index contributed by atoms with van der Waals surface area (Å²) in [4.78, 5) is 42.9. The number of nitrogens with zero attached hydrogens (tertiary/aromatic N) is 3. The molecule has 1 aromatic rings. The molecule has 0 spiro atoms. The topological polar surface area (TPSA) is 135 Å². The first-order valence-corrected chi connectivity index (χ1v) is 9.21. The number of likely N-dealkylation sites (N-methyl/N-ethyl adjacent to an activating group) is 1. The van der Waals surface area contributed by atoms with Crippen LogP contribution in [0.5, 0.6) is 0 Å². The van der Waals surface area contributed by atoms with Crippen LogP contribution in [-0.2, 0) is 14.4 Å². The summed E-state index contributed by atoms with van der Waals surface area (Å²) in [5, 5.41) is 2.50. The van der Waals surface area contributed by atoms with Crippen molar-refractivity contribution in [1.29, 1.82) is 0 Å². The van der Waals surface area contributed by atoms with Gasteiger partial charge in [0.1, 0.15) is 23.6 Å². The van der Waals surface area contributed by atoms with Crippen LogP contribution in [0.2, 0.25) is 0 Å². The van der Waals surface area contributed by atoms with E-state index in [0.717, 1.165) is 6.20 Å². The summed E-state index contributed by atoms with van der Waals surface area (Å²) < 4.78 is 13.2. The number of aldehydes is 1. The largest absolute Gasteiger partial charge is 0.398 e. The van der Waals surface area contributed by atoms with Gasteiger partial charge in [0.2, 0.25) is 5.91 Å². The summed E-state index contributed by atoms with van der Waals surface area (Å²) in [6, 6.07) is 1.22. The Labute approximate surface area is 173 Å². The lowest BCUT2D eigenvalue weighted by Gasteiger charge is -2.32. The quantitative estimate of drug-likeness (QED) is 0.423. The number of hydrogen-bond acceptors (Lipinski definition) is 7. The molecule has 0 bridgehead atoms. The SMILES string of the molecule is CN(C)C(=O)C1=C(C=O)CCCN1CC(=O)N/C(N)=C/C=C(\N)c1cncc(F)c1. The second-order valence-corrected chi connectivity index (χ2v) is 6.90. The minimum absolute atomic E-state index is 0.0180. The van der Waals surface area contributed by atoms with E-state index in [-0.39, 0.29) is 29.7 Å². The van der Waals surface area contributed by atoms with E-state index in [1.807, 2.05) is 0 Å². The van der Waals surface area contributed by atoms with Crippen molar-refractivity contribution in [2.45, 2.75) is 12.8 Å². The molecule has 1 aliphatic heterocycles. The first-order chi connectivity index (χ1) is 14.2. The number of allylic oxidation sites excluding steroid dienone is 3. The maximum absolute atomic E-state index is 13.2. The third-order valence-electron chi connectivity index (χ3n) is 4.34. The molecule has 160 valence electrons. The zero-order valence-electron chi connectivity index (χ0n) is 16.9. The zero-order chi connectivity index (χ0) is 22.3. The molecule has 5 N–H and O–H groups in total. The van der Waals surface area contributed by atoms with Crippen LogP contribution >= 0.6 is 0 Å². The third-order valence-corrected chi connectivity index (χ3v) is 4.34. The number of carbonyl (C=O) groups is 3. The Balaban J connectivity index is 2.08. The van der Waals surface area contributed by atoms with Gasteiger partial charge in [-0.05, 0) is 31.1 Å². The molecule has 2 rings (SSSR count). The molecule has 0 saturated heterocycles. The van der Waals surface area contributed by atoms with Gasteiger partial charge in [-0.1, -0.05) is 0 Å². The van der Waals surface area contributed by atoms with E-state index in [2.05, 4.69) is 10.3 Å². The predicted molar refractivity (Wildman–Crippen MR) is 109 cm³/mol. The van der Waals surface area contributed by atoms with Crippen LogP contribution in [0.4, 0.5) is 4.39 Å². The highest BCUT2D eigenvalue weighted by Crippen LogP contribution is 2.22. The summed E-state index contributed by atoms with van der Waals surface area (Å²) in [7, 11) is 3.16. The van der Waals surface area contributed by atoms with E-state index in [1.54, 1.807) is 19.0 Å². The Morgan fingerprint density at radius 2 is 2.03 bits per heavy atom. The second kappa shape index (κ2) is 10.2. The van der Waals surface area contributed by atoms with E-state index < -0.39 is 11.7 Å². The Morgan fingerprint density at radius 1 is 1.30 bits per heavy atom. The summed E-state index contributed by atoms with van der Waals surface area (Å²) in [5.74, 6) is -1.31. The van der Waals surface area contributed by atoms with E-state index >= 15 is 0 Å². The standard InChI is InChI=1S/C20H25FN6O3/c1-26(2)20(30)19-13(12-28)4-3-7-27(19)11-18(29)25-17(23)6-5-16(22)14-8-15(21)10-24-9-14/h5-6,8-10,12H,3-4,7,11,22-23H2,1-2H3,(H,25,29)/b16-5-,17-6+. The van der Waals surface area contributed by atoms with Crippen LogP contribution in [0, 0.1) is 5.82 Å². The average Bonchev–Trinajstić information content (AvgIpc) is 2.71. The Hall–Kier alpha value is -3.69. The van der Waals surface area contributed by atoms with E-state index in [9.17, 15) is 18.8 Å². The number of pyridine rings is 1. The molecular formula is C20H25FN6O3. The highest BCUT2D eigenvalue weighted by molar-refractivity contribution is 5.99. The Kier molecular flexibility index (Phi) is 7.68. The van der Waals surface area contributed by atoms with Crippen molar-refractivity contribution in [2.24, 2.45) is 11.5 Å². The first kappa shape index (κ1) is 22.6. The van der Waals surface area contributed by atoms with E-state index in [4.69, 9.17) is 11.5 Å². The lowest BCUT2D eigenvalue weighted by Crippen LogP contribution is -2.44. The van der Waals surface area contributed by atoms with Crippen molar-refractivity contribution < 1.29 is 18.8 Å². The van der Waals surface area contributed by atoms with Gasteiger partial charge >= 0.3 is 0 Å². The van der Waals surface area contributed by atoms with Gasteiger partial charge in [0.25, 0.3) is 5.91 Å². The number of nitrogens with one attached hydrogen (secondary N) is 1. The van der Waals surface area contributed by atoms with Crippen LogP contribution in [0.1, 0.15) is 18.4 Å². The minimum Gasteiger partial charge on any atom is -0.398 e. The lowest BCUT2D eigenvalue weighted by atomic mass is 10.0. The molecule has 0 radical (unpaired) electrons. The molecule has 30 heavy (non-hydrogen) atoms. The van der Waals surface area contributed by atoms with Gasteiger partial charge in [0.05, 0.1) is 12.7 Å². The highest BCUT2D eigenvalue weighted by Gasteiger charge is 2.28. The number of nitrogens with two attached hydrogens (primary N) is 2. The molecule has 9 nitrogen and oxygen atoms in total. The number of amides is 2. The molecular weight excluding hydrogens is 391 g/mol. The number of halogens is 1. The monoisotopic (exact) mass is 416 g/mol. The molecule has 0 atom stereocenters. The van der Waals surface area contributed by atoms with Crippen molar-refractivity contribution in [1.82, 2.24) is 20.1 Å². The van der Waals surface area contributed by atoms with Gasteiger partial charge in [0.15, 0.2) is 0 Å². The van der Waals surface area contributed by atoms with E-state index in [1.165, 1.54) is 29.3 Å². The number of aromatic nitrogens is 1. The van der Waals surface area contributed by atoms with Gasteiger partial charge < -0.3 is 26.6 Å². The summed E-state index contributed by atoms with van der Waals surface area (Å²) in [6.45, 7) is 0.316. The fourth-order valence-electron chi connectivity index (χ4n) is 2.91. The van der Waals surface area contributed by atoms with Gasteiger partial charge in [-0.25, -0.2) is 4.39 Å². The summed E-state index contributed by atoms with van der Waals surface area (Å²) in [6.07, 6.45) is 7.03. The molecule has 1 aromatic heterocycles. The number of rotatable bonds is 7. The molecule has 0 fully saturated rings. The molecule has 0 aromatic carbocycles. The zero-order valence-corrected chi connectivity index (χ0v) is 16.9. The van der Waals surface area contributed by atoms with Gasteiger partial charge in [-0.15, -0.1) is 0 Å². The maximum Gasteiger partial charge on any atom is 0.270 e. The van der Waals surface area contributed by atoms with Gasteiger partial charge in [0, 0.05) is 43.7 Å². The molecule has 2 heterocycles. The predicted octanol–water partition coefficient (Wildman–Crippen LogP) is 0.0736. The second-order valence-electron chi connectivity index (χ2n) is 6.90. The van der Waals surface area contributed by atoms with Crippen molar-refractivity contribution in [3.8, 4) is 0 Å². The fourth-order valence-corrected chi connectivity index (χ4v) is 2.91. The van der Waals surface area contributed by atoms with Crippen LogP contribution in [0.25, 0.3) is 5.70 Å².